The van der Waals surface area contributed by atoms with Crippen LogP contribution in [-0.2, 0) is 20.9 Å². The molecule has 0 bridgehead atoms. The number of carboxylic acids is 1. The molecule has 5 nitrogen and oxygen atoms in total. The zero-order valence-electron chi connectivity index (χ0n) is 12.2. The lowest BCUT2D eigenvalue weighted by atomic mass is 10.2. The second-order valence-electron chi connectivity index (χ2n) is 4.69. The van der Waals surface area contributed by atoms with Crippen molar-refractivity contribution < 1.29 is 19.4 Å². The van der Waals surface area contributed by atoms with Gasteiger partial charge in [-0.3, -0.25) is 4.79 Å². The molecule has 114 valence electrons. The molecule has 0 radical (unpaired) electrons. The molecule has 1 N–H and O–H groups in total. The predicted octanol–water partition coefficient (Wildman–Crippen LogP) is 2.08. The summed E-state index contributed by atoms with van der Waals surface area (Å²) >= 11 is 0. The Hall–Kier alpha value is -2.14. The second-order valence-corrected chi connectivity index (χ2v) is 4.69. The number of hydrogen-bond acceptors (Lipinski definition) is 3. The summed E-state index contributed by atoms with van der Waals surface area (Å²) in [6, 6.07) is 8.49. The standard InChI is InChI=1S/C16H21NO4/c1-3-4-10-15(18)17(2)14(16(19)20)12-21-11-13-8-6-5-7-9-13/h3,5-9,14H,1,4,10-12H2,2H3,(H,19,20)/t14-/m0/s1. The maximum absolute atomic E-state index is 11.8. The van der Waals surface area contributed by atoms with Gasteiger partial charge < -0.3 is 14.7 Å². The van der Waals surface area contributed by atoms with Crippen molar-refractivity contribution in [2.75, 3.05) is 13.7 Å². The van der Waals surface area contributed by atoms with Crippen molar-refractivity contribution in [3.63, 3.8) is 0 Å². The third-order valence-corrected chi connectivity index (χ3v) is 3.10. The van der Waals surface area contributed by atoms with Gasteiger partial charge in [-0.05, 0) is 12.0 Å². The largest absolute Gasteiger partial charge is 0.480 e. The van der Waals surface area contributed by atoms with E-state index in [4.69, 9.17) is 4.74 Å². The molecular weight excluding hydrogens is 270 g/mol. The molecule has 0 fully saturated rings. The van der Waals surface area contributed by atoms with Crippen LogP contribution in [0.15, 0.2) is 43.0 Å². The Morgan fingerprint density at radius 2 is 2.05 bits per heavy atom. The average Bonchev–Trinajstić information content (AvgIpc) is 2.49. The van der Waals surface area contributed by atoms with Crippen LogP contribution in [0.5, 0.6) is 0 Å². The SMILES string of the molecule is C=CCCC(=O)N(C)[C@@H](COCc1ccccc1)C(=O)O. The molecule has 1 rings (SSSR count). The minimum Gasteiger partial charge on any atom is -0.480 e. The Balaban J connectivity index is 2.51. The molecule has 1 atom stereocenters. The fourth-order valence-corrected chi connectivity index (χ4v) is 1.79. The molecule has 1 aromatic carbocycles. The first kappa shape index (κ1) is 16.9. The van der Waals surface area contributed by atoms with E-state index < -0.39 is 12.0 Å². The topological polar surface area (TPSA) is 66.8 Å². The van der Waals surface area contributed by atoms with Crippen molar-refractivity contribution in [3.05, 3.63) is 48.6 Å². The van der Waals surface area contributed by atoms with Crippen molar-refractivity contribution in [2.24, 2.45) is 0 Å². The van der Waals surface area contributed by atoms with E-state index in [1.807, 2.05) is 30.3 Å². The van der Waals surface area contributed by atoms with Gasteiger partial charge >= 0.3 is 5.97 Å². The lowest BCUT2D eigenvalue weighted by Gasteiger charge is -2.24. The molecule has 0 spiro atoms. The number of amides is 1. The van der Waals surface area contributed by atoms with Crippen LogP contribution in [0.2, 0.25) is 0 Å². The molecule has 0 aliphatic heterocycles. The van der Waals surface area contributed by atoms with E-state index in [9.17, 15) is 14.7 Å². The normalized spacial score (nSPS) is 11.7. The van der Waals surface area contributed by atoms with Gasteiger partial charge in [0.15, 0.2) is 6.04 Å². The molecule has 0 aromatic heterocycles. The highest BCUT2D eigenvalue weighted by Crippen LogP contribution is 2.06. The minimum absolute atomic E-state index is 0.0411. The molecular formula is C16H21NO4. The fourth-order valence-electron chi connectivity index (χ4n) is 1.79. The van der Waals surface area contributed by atoms with E-state index in [2.05, 4.69) is 6.58 Å². The first-order valence-corrected chi connectivity index (χ1v) is 6.77. The summed E-state index contributed by atoms with van der Waals surface area (Å²) in [6.07, 6.45) is 2.41. The number of carbonyl (C=O) groups is 2. The van der Waals surface area contributed by atoms with Gasteiger partial charge in [0, 0.05) is 13.5 Å². The number of carboxylic acid groups (broad SMARTS) is 1. The monoisotopic (exact) mass is 291 g/mol. The molecule has 1 aromatic rings. The van der Waals surface area contributed by atoms with Crippen molar-refractivity contribution >= 4 is 11.9 Å². The minimum atomic E-state index is -1.07. The molecule has 0 heterocycles. The van der Waals surface area contributed by atoms with Gasteiger partial charge in [-0.2, -0.15) is 0 Å². The summed E-state index contributed by atoms with van der Waals surface area (Å²) in [7, 11) is 1.48. The number of ether oxygens (including phenoxy) is 1. The third kappa shape index (κ3) is 5.79. The number of likely N-dealkylation sites (N-methyl/N-ethyl adjacent to an activating group) is 1. The lowest BCUT2D eigenvalue weighted by Crippen LogP contribution is -2.45. The van der Waals surface area contributed by atoms with Gasteiger partial charge in [0.1, 0.15) is 0 Å². The zero-order chi connectivity index (χ0) is 15.7. The average molecular weight is 291 g/mol. The summed E-state index contributed by atoms with van der Waals surface area (Å²) in [5, 5.41) is 9.22. The highest BCUT2D eigenvalue weighted by Gasteiger charge is 2.26. The van der Waals surface area contributed by atoms with Crippen LogP contribution in [0.3, 0.4) is 0 Å². The van der Waals surface area contributed by atoms with Crippen LogP contribution in [0.4, 0.5) is 0 Å². The molecule has 1 amide bonds. The maximum atomic E-state index is 11.8. The molecule has 0 aliphatic carbocycles. The van der Waals surface area contributed by atoms with Gasteiger partial charge in [0.05, 0.1) is 13.2 Å². The molecule has 0 saturated heterocycles. The first-order valence-electron chi connectivity index (χ1n) is 6.77. The van der Waals surface area contributed by atoms with Crippen molar-refractivity contribution in [1.82, 2.24) is 4.90 Å². The molecule has 0 aliphatic rings. The zero-order valence-corrected chi connectivity index (χ0v) is 12.2. The maximum Gasteiger partial charge on any atom is 0.328 e. The Bertz CT molecular complexity index is 472. The van der Waals surface area contributed by atoms with Gasteiger partial charge in [-0.15, -0.1) is 6.58 Å². The van der Waals surface area contributed by atoms with E-state index in [0.717, 1.165) is 5.56 Å². The van der Waals surface area contributed by atoms with E-state index in [-0.39, 0.29) is 18.9 Å². The van der Waals surface area contributed by atoms with E-state index in [0.29, 0.717) is 13.0 Å². The molecule has 0 saturated carbocycles. The quantitative estimate of drug-likeness (QED) is 0.707. The number of benzene rings is 1. The molecule has 0 unspecified atom stereocenters. The number of rotatable bonds is 9. The molecule has 21 heavy (non-hydrogen) atoms. The van der Waals surface area contributed by atoms with E-state index >= 15 is 0 Å². The predicted molar refractivity (Wildman–Crippen MR) is 79.7 cm³/mol. The van der Waals surface area contributed by atoms with Crippen molar-refractivity contribution in [2.45, 2.75) is 25.5 Å². The lowest BCUT2D eigenvalue weighted by molar-refractivity contribution is -0.151. The van der Waals surface area contributed by atoms with Gasteiger partial charge in [-0.1, -0.05) is 36.4 Å². The summed E-state index contributed by atoms with van der Waals surface area (Å²) < 4.78 is 5.42. The smallest absolute Gasteiger partial charge is 0.328 e. The summed E-state index contributed by atoms with van der Waals surface area (Å²) in [4.78, 5) is 24.3. The number of nitrogens with zero attached hydrogens (tertiary/aromatic N) is 1. The molecule has 5 heteroatoms. The highest BCUT2D eigenvalue weighted by molar-refractivity contribution is 5.83. The van der Waals surface area contributed by atoms with Crippen molar-refractivity contribution in [3.8, 4) is 0 Å². The Kier molecular flexibility index (Phi) is 7.18. The summed E-state index contributed by atoms with van der Waals surface area (Å²) in [5.74, 6) is -1.30. The van der Waals surface area contributed by atoms with E-state index in [1.54, 1.807) is 6.08 Å². The van der Waals surface area contributed by atoms with Crippen LogP contribution in [0, 0.1) is 0 Å². The first-order chi connectivity index (χ1) is 10.1. The van der Waals surface area contributed by atoms with Crippen LogP contribution in [-0.4, -0.2) is 41.6 Å². The van der Waals surface area contributed by atoms with Gasteiger partial charge in [0.25, 0.3) is 0 Å². The Morgan fingerprint density at radius 1 is 1.38 bits per heavy atom. The Morgan fingerprint density at radius 3 is 2.62 bits per heavy atom. The van der Waals surface area contributed by atoms with Crippen LogP contribution in [0.1, 0.15) is 18.4 Å². The number of carbonyl (C=O) groups excluding carboxylic acids is 1. The number of allylic oxidation sites excluding steroid dienone is 1. The van der Waals surface area contributed by atoms with Crippen LogP contribution >= 0.6 is 0 Å². The van der Waals surface area contributed by atoms with Crippen LogP contribution < -0.4 is 0 Å². The fraction of sp³-hybridized carbons (Fsp3) is 0.375. The van der Waals surface area contributed by atoms with Gasteiger partial charge in [0.2, 0.25) is 5.91 Å². The summed E-state index contributed by atoms with van der Waals surface area (Å²) in [5.41, 5.74) is 0.960. The van der Waals surface area contributed by atoms with Gasteiger partial charge in [-0.25, -0.2) is 4.79 Å². The third-order valence-electron chi connectivity index (χ3n) is 3.10. The Labute approximate surface area is 124 Å². The number of hydrogen-bond donors (Lipinski definition) is 1. The number of aliphatic carboxylic acids is 1. The summed E-state index contributed by atoms with van der Waals surface area (Å²) in [6.45, 7) is 3.82. The highest BCUT2D eigenvalue weighted by atomic mass is 16.5. The van der Waals surface area contributed by atoms with Crippen molar-refractivity contribution in [1.29, 1.82) is 0 Å². The van der Waals surface area contributed by atoms with E-state index in [1.165, 1.54) is 11.9 Å². The van der Waals surface area contributed by atoms with Crippen LogP contribution in [0.25, 0.3) is 0 Å². The second kappa shape index (κ2) is 8.92.